The molecule has 0 aliphatic heterocycles. The van der Waals surface area contributed by atoms with E-state index in [2.05, 4.69) is 15.0 Å². The summed E-state index contributed by atoms with van der Waals surface area (Å²) in [5.41, 5.74) is 6.18. The summed E-state index contributed by atoms with van der Waals surface area (Å²) < 4.78 is 1.95. The maximum Gasteiger partial charge on any atom is 0.280 e. The molecular formula is C11H18N6O. The van der Waals surface area contributed by atoms with Crippen LogP contribution in [-0.2, 0) is 6.54 Å². The maximum atomic E-state index is 11.8. The highest BCUT2D eigenvalue weighted by molar-refractivity contribution is 5.71. The van der Waals surface area contributed by atoms with Gasteiger partial charge in [0.2, 0.25) is 5.95 Å². The number of H-pyrrole nitrogens is 1. The molecule has 0 aliphatic carbocycles. The van der Waals surface area contributed by atoms with Crippen LogP contribution < -0.4 is 11.3 Å². The average molecular weight is 250 g/mol. The Kier molecular flexibility index (Phi) is 3.08. The summed E-state index contributed by atoms with van der Waals surface area (Å²) >= 11 is 0. The molecule has 0 aromatic carbocycles. The summed E-state index contributed by atoms with van der Waals surface area (Å²) in [6, 6.07) is 0.165. The fourth-order valence-electron chi connectivity index (χ4n) is 1.98. The van der Waals surface area contributed by atoms with Gasteiger partial charge in [0, 0.05) is 6.04 Å². The summed E-state index contributed by atoms with van der Waals surface area (Å²) in [6.07, 6.45) is 0. The van der Waals surface area contributed by atoms with E-state index < -0.39 is 0 Å². The molecular weight excluding hydrogens is 232 g/mol. The second-order valence-corrected chi connectivity index (χ2v) is 4.85. The molecule has 0 radical (unpaired) electrons. The molecule has 0 bridgehead atoms. The van der Waals surface area contributed by atoms with Crippen molar-refractivity contribution < 1.29 is 0 Å². The standard InChI is InChI=1S/C11H18N6O/c1-6(2)17-7(5-16(3)4)13-8-9(17)14-11(12)15-10(8)18/h6H,5H2,1-4H3,(H3,12,14,15,18). The molecule has 0 atom stereocenters. The molecule has 0 saturated heterocycles. The number of fused-ring (bicyclic) bond motifs is 1. The minimum absolute atomic E-state index is 0.116. The second kappa shape index (κ2) is 4.41. The molecule has 98 valence electrons. The lowest BCUT2D eigenvalue weighted by Crippen LogP contribution is -2.17. The van der Waals surface area contributed by atoms with E-state index in [1.54, 1.807) is 0 Å². The van der Waals surface area contributed by atoms with Crippen molar-refractivity contribution in [2.75, 3.05) is 19.8 Å². The van der Waals surface area contributed by atoms with Gasteiger partial charge in [-0.2, -0.15) is 4.98 Å². The number of hydrogen-bond donors (Lipinski definition) is 2. The van der Waals surface area contributed by atoms with Gasteiger partial charge >= 0.3 is 0 Å². The smallest absolute Gasteiger partial charge is 0.280 e. The van der Waals surface area contributed by atoms with Crippen LogP contribution in [0.2, 0.25) is 0 Å². The van der Waals surface area contributed by atoms with Gasteiger partial charge in [0.25, 0.3) is 5.56 Å². The van der Waals surface area contributed by atoms with Gasteiger partial charge in [0.05, 0.1) is 6.54 Å². The first-order chi connectivity index (χ1) is 8.40. The fraction of sp³-hybridized carbons (Fsp3) is 0.545. The topological polar surface area (TPSA) is 92.8 Å². The van der Waals surface area contributed by atoms with Gasteiger partial charge in [-0.1, -0.05) is 0 Å². The summed E-state index contributed by atoms with van der Waals surface area (Å²) in [7, 11) is 3.91. The van der Waals surface area contributed by atoms with Gasteiger partial charge in [-0.25, -0.2) is 4.98 Å². The van der Waals surface area contributed by atoms with E-state index in [1.165, 1.54) is 0 Å². The van der Waals surface area contributed by atoms with E-state index in [4.69, 9.17) is 5.73 Å². The molecule has 2 heterocycles. The minimum atomic E-state index is -0.295. The van der Waals surface area contributed by atoms with Crippen molar-refractivity contribution in [2.45, 2.75) is 26.4 Å². The van der Waals surface area contributed by atoms with E-state index in [-0.39, 0.29) is 17.5 Å². The molecule has 7 nitrogen and oxygen atoms in total. The third-order valence-corrected chi connectivity index (χ3v) is 2.62. The minimum Gasteiger partial charge on any atom is -0.369 e. The molecule has 3 N–H and O–H groups in total. The van der Waals surface area contributed by atoms with Gasteiger partial charge in [-0.3, -0.25) is 9.78 Å². The number of aromatic nitrogens is 4. The van der Waals surface area contributed by atoms with Crippen LogP contribution in [0.3, 0.4) is 0 Å². The van der Waals surface area contributed by atoms with Crippen LogP contribution in [0.5, 0.6) is 0 Å². The number of rotatable bonds is 3. The Hall–Kier alpha value is -1.89. The van der Waals surface area contributed by atoms with Crippen molar-refractivity contribution in [2.24, 2.45) is 0 Å². The number of nitrogens with one attached hydrogen (secondary N) is 1. The highest BCUT2D eigenvalue weighted by atomic mass is 16.1. The summed E-state index contributed by atoms with van der Waals surface area (Å²) in [5, 5.41) is 0. The fourth-order valence-corrected chi connectivity index (χ4v) is 1.98. The van der Waals surface area contributed by atoms with Crippen molar-refractivity contribution in [1.82, 2.24) is 24.4 Å². The largest absolute Gasteiger partial charge is 0.369 e. The molecule has 0 aliphatic rings. The van der Waals surface area contributed by atoms with Crippen molar-refractivity contribution >= 4 is 17.1 Å². The molecule has 18 heavy (non-hydrogen) atoms. The third kappa shape index (κ3) is 2.08. The van der Waals surface area contributed by atoms with Crippen molar-refractivity contribution in [3.05, 3.63) is 16.2 Å². The number of nitrogens with two attached hydrogens (primary N) is 1. The third-order valence-electron chi connectivity index (χ3n) is 2.62. The molecule has 7 heteroatoms. The molecule has 0 fully saturated rings. The Bertz CT molecular complexity index is 624. The van der Waals surface area contributed by atoms with Gasteiger partial charge < -0.3 is 15.2 Å². The van der Waals surface area contributed by atoms with Gasteiger partial charge in [-0.15, -0.1) is 0 Å². The first-order valence-electron chi connectivity index (χ1n) is 5.81. The molecule has 2 rings (SSSR count). The summed E-state index contributed by atoms with van der Waals surface area (Å²) in [5.74, 6) is 0.930. The number of aromatic amines is 1. The Morgan fingerprint density at radius 1 is 1.39 bits per heavy atom. The Labute approximate surface area is 105 Å². The molecule has 0 saturated carbocycles. The highest BCUT2D eigenvalue weighted by Gasteiger charge is 2.17. The lowest BCUT2D eigenvalue weighted by molar-refractivity contribution is 0.376. The molecule has 0 unspecified atom stereocenters. The van der Waals surface area contributed by atoms with Crippen molar-refractivity contribution in [1.29, 1.82) is 0 Å². The lowest BCUT2D eigenvalue weighted by atomic mass is 10.3. The second-order valence-electron chi connectivity index (χ2n) is 4.85. The van der Waals surface area contributed by atoms with Gasteiger partial charge in [0.15, 0.2) is 11.2 Å². The Balaban J connectivity index is 2.75. The summed E-state index contributed by atoms with van der Waals surface area (Å²) in [6.45, 7) is 4.70. The lowest BCUT2D eigenvalue weighted by Gasteiger charge is -2.15. The van der Waals surface area contributed by atoms with Gasteiger partial charge in [0.1, 0.15) is 5.82 Å². The van der Waals surface area contributed by atoms with Crippen molar-refractivity contribution in [3.63, 3.8) is 0 Å². The summed E-state index contributed by atoms with van der Waals surface area (Å²) in [4.78, 5) is 24.8. The first-order valence-corrected chi connectivity index (χ1v) is 5.81. The average Bonchev–Trinajstić information content (AvgIpc) is 2.54. The number of nitrogen functional groups attached to an aromatic ring is 1. The zero-order valence-electron chi connectivity index (χ0n) is 11.1. The normalized spacial score (nSPS) is 11.9. The molecule has 2 aromatic rings. The van der Waals surface area contributed by atoms with Crippen molar-refractivity contribution in [3.8, 4) is 0 Å². The Morgan fingerprint density at radius 2 is 2.06 bits per heavy atom. The van der Waals surface area contributed by atoms with Crippen LogP contribution in [0, 0.1) is 0 Å². The monoisotopic (exact) mass is 250 g/mol. The van der Waals surface area contributed by atoms with Crippen LogP contribution in [0.15, 0.2) is 4.79 Å². The van der Waals surface area contributed by atoms with Gasteiger partial charge in [-0.05, 0) is 27.9 Å². The van der Waals surface area contributed by atoms with Crippen LogP contribution in [0.4, 0.5) is 5.95 Å². The molecule has 2 aromatic heterocycles. The van der Waals surface area contributed by atoms with E-state index in [0.717, 1.165) is 5.82 Å². The van der Waals surface area contributed by atoms with Crippen LogP contribution in [-0.4, -0.2) is 38.5 Å². The van der Waals surface area contributed by atoms with E-state index in [9.17, 15) is 4.79 Å². The number of nitrogens with zero attached hydrogens (tertiary/aromatic N) is 4. The number of imidazole rings is 1. The van der Waals surface area contributed by atoms with Crippen LogP contribution in [0.1, 0.15) is 25.7 Å². The number of hydrogen-bond acceptors (Lipinski definition) is 5. The molecule has 0 spiro atoms. The number of anilines is 1. The Morgan fingerprint density at radius 3 is 2.61 bits per heavy atom. The maximum absolute atomic E-state index is 11.8. The zero-order chi connectivity index (χ0) is 13.4. The van der Waals surface area contributed by atoms with Crippen LogP contribution >= 0.6 is 0 Å². The van der Waals surface area contributed by atoms with E-state index >= 15 is 0 Å². The predicted molar refractivity (Wildman–Crippen MR) is 70.3 cm³/mol. The molecule has 0 amide bonds. The zero-order valence-corrected chi connectivity index (χ0v) is 11.1. The van der Waals surface area contributed by atoms with Crippen LogP contribution in [0.25, 0.3) is 11.2 Å². The predicted octanol–water partition coefficient (Wildman–Crippen LogP) is 0.344. The first kappa shape index (κ1) is 12.6. The SMILES string of the molecule is CC(C)n1c(CN(C)C)nc2c(=O)[nH]c(N)nc21. The van der Waals surface area contributed by atoms with E-state index in [1.807, 2.05) is 37.4 Å². The van der Waals surface area contributed by atoms with E-state index in [0.29, 0.717) is 17.7 Å². The highest BCUT2D eigenvalue weighted by Crippen LogP contribution is 2.18. The quantitative estimate of drug-likeness (QED) is 0.819.